The molecule has 4 nitrogen and oxygen atoms in total. The topological polar surface area (TPSA) is 47.2 Å². The first-order chi connectivity index (χ1) is 14.0. The van der Waals surface area contributed by atoms with E-state index in [4.69, 9.17) is 11.6 Å². The van der Waals surface area contributed by atoms with Crippen LogP contribution in [0.5, 0.6) is 0 Å². The van der Waals surface area contributed by atoms with E-state index in [0.717, 1.165) is 19.8 Å². The maximum absolute atomic E-state index is 12.9. The Balaban J connectivity index is 1.71. The lowest BCUT2D eigenvalue weighted by Crippen LogP contribution is -2.20. The zero-order chi connectivity index (χ0) is 20.4. The van der Waals surface area contributed by atoms with Crippen LogP contribution in [0, 0.1) is 6.92 Å². The minimum Gasteiger partial charge on any atom is -0.267 e. The Hall–Kier alpha value is -2.41. The normalized spacial score (nSPS) is 11.4. The van der Waals surface area contributed by atoms with Crippen LogP contribution >= 0.6 is 39.3 Å². The van der Waals surface area contributed by atoms with Gasteiger partial charge in [-0.3, -0.25) is 4.79 Å². The molecule has 0 N–H and O–H groups in total. The molecule has 3 aromatic carbocycles. The van der Waals surface area contributed by atoms with E-state index >= 15 is 0 Å². The Morgan fingerprint density at radius 2 is 1.86 bits per heavy atom. The number of fused-ring (bicyclic) bond motifs is 1. The summed E-state index contributed by atoms with van der Waals surface area (Å²) in [5.41, 5.74) is 1.36. The number of halogens is 2. The van der Waals surface area contributed by atoms with Crippen molar-refractivity contribution in [3.8, 4) is 0 Å². The fourth-order valence-electron chi connectivity index (χ4n) is 2.83. The maximum atomic E-state index is 12.9. The van der Waals surface area contributed by atoms with Gasteiger partial charge in [0.25, 0.3) is 5.56 Å². The minimum atomic E-state index is -0.201. The molecule has 29 heavy (non-hydrogen) atoms. The van der Waals surface area contributed by atoms with Crippen molar-refractivity contribution in [3.05, 3.63) is 98.0 Å². The fraction of sp³-hybridized carbons (Fsp3) is 0.0455. The summed E-state index contributed by atoms with van der Waals surface area (Å²) in [4.78, 5) is 19.5. The Morgan fingerprint density at radius 1 is 1.10 bits per heavy atom. The first-order valence-corrected chi connectivity index (χ1v) is 10.8. The van der Waals surface area contributed by atoms with Crippen molar-refractivity contribution in [2.24, 2.45) is 5.10 Å². The van der Waals surface area contributed by atoms with E-state index in [2.05, 4.69) is 26.0 Å². The van der Waals surface area contributed by atoms with Gasteiger partial charge in [0.05, 0.1) is 17.1 Å². The Morgan fingerprint density at radius 3 is 2.66 bits per heavy atom. The number of aromatic nitrogens is 2. The highest BCUT2D eigenvalue weighted by atomic mass is 79.9. The van der Waals surface area contributed by atoms with Gasteiger partial charge in [-0.25, -0.2) is 4.98 Å². The molecule has 4 rings (SSSR count). The molecular formula is C22H15BrClN3OS. The molecule has 4 aromatic rings. The molecule has 0 amide bonds. The number of nitrogens with zero attached hydrogens (tertiary/aromatic N) is 3. The molecule has 7 heteroatoms. The molecule has 0 radical (unpaired) electrons. The van der Waals surface area contributed by atoms with E-state index in [1.54, 1.807) is 31.0 Å². The molecule has 0 bridgehead atoms. The van der Waals surface area contributed by atoms with Crippen LogP contribution < -0.4 is 5.56 Å². The predicted molar refractivity (Wildman–Crippen MR) is 123 cm³/mol. The lowest BCUT2D eigenvalue weighted by atomic mass is 10.2. The Bertz CT molecular complexity index is 1290. The summed E-state index contributed by atoms with van der Waals surface area (Å²) in [7, 11) is 0. The number of benzene rings is 3. The Kier molecular flexibility index (Phi) is 5.85. The van der Waals surface area contributed by atoms with E-state index in [9.17, 15) is 4.79 Å². The van der Waals surface area contributed by atoms with Gasteiger partial charge >= 0.3 is 0 Å². The molecule has 0 aliphatic heterocycles. The molecule has 0 spiro atoms. The number of rotatable bonds is 4. The zero-order valence-corrected chi connectivity index (χ0v) is 18.5. The van der Waals surface area contributed by atoms with E-state index in [1.165, 1.54) is 4.68 Å². The molecule has 0 saturated heterocycles. The lowest BCUT2D eigenvalue weighted by Gasteiger charge is -2.08. The second kappa shape index (κ2) is 8.53. The van der Waals surface area contributed by atoms with Gasteiger partial charge in [-0.15, -0.1) is 0 Å². The third-order valence-corrected chi connectivity index (χ3v) is 6.09. The summed E-state index contributed by atoms with van der Waals surface area (Å²) in [6.45, 7) is 1.77. The van der Waals surface area contributed by atoms with Gasteiger partial charge < -0.3 is 0 Å². The molecule has 0 saturated carbocycles. The minimum absolute atomic E-state index is 0.201. The van der Waals surface area contributed by atoms with Crippen molar-refractivity contribution in [3.63, 3.8) is 0 Å². The van der Waals surface area contributed by atoms with Crippen LogP contribution in [0.3, 0.4) is 0 Å². The number of aryl methyl sites for hydroxylation is 1. The van der Waals surface area contributed by atoms with Crippen LogP contribution in [0.1, 0.15) is 11.4 Å². The van der Waals surface area contributed by atoms with Crippen molar-refractivity contribution in [1.29, 1.82) is 0 Å². The smallest absolute Gasteiger partial charge is 0.267 e. The first-order valence-electron chi connectivity index (χ1n) is 8.77. The van der Waals surface area contributed by atoms with E-state index in [-0.39, 0.29) is 5.56 Å². The summed E-state index contributed by atoms with van der Waals surface area (Å²) >= 11 is 11.0. The number of hydrogen-bond donors (Lipinski definition) is 0. The van der Waals surface area contributed by atoms with Crippen molar-refractivity contribution in [2.75, 3.05) is 0 Å². The molecule has 0 fully saturated rings. The van der Waals surface area contributed by atoms with E-state index in [0.29, 0.717) is 21.7 Å². The average Bonchev–Trinajstić information content (AvgIpc) is 2.71. The van der Waals surface area contributed by atoms with Gasteiger partial charge in [-0.2, -0.15) is 9.78 Å². The highest BCUT2D eigenvalue weighted by Crippen LogP contribution is 2.30. The van der Waals surface area contributed by atoms with Crippen molar-refractivity contribution < 1.29 is 0 Å². The maximum Gasteiger partial charge on any atom is 0.282 e. The van der Waals surface area contributed by atoms with Gasteiger partial charge in [-0.05, 0) is 55.5 Å². The molecule has 1 heterocycles. The monoisotopic (exact) mass is 483 g/mol. The van der Waals surface area contributed by atoms with E-state index in [1.807, 2.05) is 60.7 Å². The molecule has 0 unspecified atom stereocenters. The van der Waals surface area contributed by atoms with Crippen LogP contribution in [0.25, 0.3) is 10.9 Å². The lowest BCUT2D eigenvalue weighted by molar-refractivity contribution is 0.770. The summed E-state index contributed by atoms with van der Waals surface area (Å²) in [6.07, 6.45) is 1.69. The standard InChI is InChI=1S/C22H15BrClN3OS/c1-14-26-20-11-6-16(23)12-19(20)22(28)27(14)25-13-15-4-2-3-5-21(15)29-18-9-7-17(24)8-10-18/h2-13H,1H3. The number of hydrogen-bond acceptors (Lipinski definition) is 4. The fourth-order valence-corrected chi connectivity index (χ4v) is 4.22. The SMILES string of the molecule is Cc1nc2ccc(Br)cc2c(=O)n1N=Cc1ccccc1Sc1ccc(Cl)cc1. The van der Waals surface area contributed by atoms with Gasteiger partial charge in [0.1, 0.15) is 5.82 Å². The van der Waals surface area contributed by atoms with Crippen LogP contribution in [0.15, 0.2) is 90.9 Å². The van der Waals surface area contributed by atoms with Crippen LogP contribution in [0.2, 0.25) is 5.02 Å². The van der Waals surface area contributed by atoms with Crippen molar-refractivity contribution >= 4 is 56.4 Å². The third kappa shape index (κ3) is 4.45. The Labute approximate surface area is 185 Å². The molecule has 0 atom stereocenters. The summed E-state index contributed by atoms with van der Waals surface area (Å²) < 4.78 is 2.16. The van der Waals surface area contributed by atoms with Crippen LogP contribution in [0.4, 0.5) is 0 Å². The second-order valence-electron chi connectivity index (χ2n) is 6.28. The summed E-state index contributed by atoms with van der Waals surface area (Å²) in [6, 6.07) is 21.0. The van der Waals surface area contributed by atoms with Gasteiger partial charge in [0.2, 0.25) is 0 Å². The molecule has 0 aliphatic rings. The molecular weight excluding hydrogens is 470 g/mol. The summed E-state index contributed by atoms with van der Waals surface area (Å²) in [5, 5.41) is 5.66. The van der Waals surface area contributed by atoms with Crippen LogP contribution in [-0.2, 0) is 0 Å². The predicted octanol–water partition coefficient (Wildman–Crippen LogP) is 6.15. The average molecular weight is 485 g/mol. The highest BCUT2D eigenvalue weighted by Gasteiger charge is 2.08. The quantitative estimate of drug-likeness (QED) is 0.326. The second-order valence-corrected chi connectivity index (χ2v) is 8.74. The van der Waals surface area contributed by atoms with Crippen LogP contribution in [-0.4, -0.2) is 15.9 Å². The molecule has 144 valence electrons. The van der Waals surface area contributed by atoms with Gasteiger partial charge in [0.15, 0.2) is 0 Å². The van der Waals surface area contributed by atoms with Crippen molar-refractivity contribution in [2.45, 2.75) is 16.7 Å². The van der Waals surface area contributed by atoms with E-state index < -0.39 is 0 Å². The first kappa shape index (κ1) is 19.9. The molecule has 1 aromatic heterocycles. The largest absolute Gasteiger partial charge is 0.282 e. The third-order valence-electron chi connectivity index (χ3n) is 4.24. The summed E-state index contributed by atoms with van der Waals surface area (Å²) in [5.74, 6) is 0.531. The van der Waals surface area contributed by atoms with Gasteiger partial charge in [0, 0.05) is 24.8 Å². The van der Waals surface area contributed by atoms with Gasteiger partial charge in [-0.1, -0.05) is 57.5 Å². The highest BCUT2D eigenvalue weighted by molar-refractivity contribution is 9.10. The molecule has 0 aliphatic carbocycles. The zero-order valence-electron chi connectivity index (χ0n) is 15.3. The van der Waals surface area contributed by atoms with Crippen molar-refractivity contribution in [1.82, 2.24) is 9.66 Å².